The molecule has 0 bridgehead atoms. The van der Waals surface area contributed by atoms with Gasteiger partial charge in [-0.15, -0.1) is 0 Å². The van der Waals surface area contributed by atoms with E-state index in [1.165, 1.54) is 0 Å². The zero-order valence-electron chi connectivity index (χ0n) is 22.2. The number of allylic oxidation sites excluding steroid dienone is 3. The number of carbonyl (C=O) groups is 1. The van der Waals surface area contributed by atoms with Crippen LogP contribution in [0.4, 0.5) is 11.5 Å². The third kappa shape index (κ3) is 3.54. The van der Waals surface area contributed by atoms with Crippen molar-refractivity contribution in [2.45, 2.75) is 25.7 Å². The van der Waals surface area contributed by atoms with Crippen LogP contribution in [0.15, 0.2) is 66.0 Å². The molecule has 0 saturated heterocycles. The minimum absolute atomic E-state index is 0.0955. The fraction of sp³-hybridized carbons (Fsp3) is 0.310. The van der Waals surface area contributed by atoms with E-state index < -0.39 is 5.41 Å². The molecule has 3 atom stereocenters. The lowest BCUT2D eigenvalue weighted by Gasteiger charge is -2.21. The summed E-state index contributed by atoms with van der Waals surface area (Å²) >= 11 is 0. The van der Waals surface area contributed by atoms with Gasteiger partial charge < -0.3 is 20.1 Å². The van der Waals surface area contributed by atoms with E-state index in [-0.39, 0.29) is 17.7 Å². The van der Waals surface area contributed by atoms with Gasteiger partial charge in [0.15, 0.2) is 5.82 Å². The molecule has 3 aliphatic rings. The molecule has 4 heterocycles. The number of nitrogens with zero attached hydrogens (tertiary/aromatic N) is 4. The molecule has 10 heteroatoms. The molecule has 1 unspecified atom stereocenters. The van der Waals surface area contributed by atoms with Crippen molar-refractivity contribution in [2.24, 2.45) is 18.4 Å². The number of anilines is 2. The largest absolute Gasteiger partial charge is 0.501 e. The Labute approximate surface area is 225 Å². The van der Waals surface area contributed by atoms with E-state index >= 15 is 0 Å². The molecule has 3 aromatic heterocycles. The summed E-state index contributed by atoms with van der Waals surface area (Å²) in [6, 6.07) is 8.23. The first-order chi connectivity index (χ1) is 18.9. The highest BCUT2D eigenvalue weighted by Gasteiger charge is 2.66. The van der Waals surface area contributed by atoms with Gasteiger partial charge in [-0.1, -0.05) is 13.0 Å². The number of hydrogen-bond acceptors (Lipinski definition) is 7. The van der Waals surface area contributed by atoms with Crippen LogP contribution in [-0.2, 0) is 16.6 Å². The van der Waals surface area contributed by atoms with Crippen LogP contribution in [0.3, 0.4) is 0 Å². The summed E-state index contributed by atoms with van der Waals surface area (Å²) in [5.74, 6) is 2.50. The molecule has 1 spiro atoms. The Morgan fingerprint density at radius 3 is 2.79 bits per heavy atom. The van der Waals surface area contributed by atoms with Crippen LogP contribution < -0.4 is 15.4 Å². The summed E-state index contributed by atoms with van der Waals surface area (Å²) in [6.45, 7) is 2.14. The van der Waals surface area contributed by atoms with Gasteiger partial charge >= 0.3 is 0 Å². The number of nitrogens with one attached hydrogen (secondary N) is 3. The average molecular weight is 524 g/mol. The smallest absolute Gasteiger partial charge is 0.237 e. The number of aromatic amines is 1. The van der Waals surface area contributed by atoms with Crippen molar-refractivity contribution in [2.75, 3.05) is 19.5 Å². The van der Waals surface area contributed by atoms with E-state index in [0.717, 1.165) is 57.5 Å². The van der Waals surface area contributed by atoms with Crippen molar-refractivity contribution in [3.05, 3.63) is 71.5 Å². The van der Waals surface area contributed by atoms with Crippen molar-refractivity contribution >= 4 is 28.3 Å². The lowest BCUT2D eigenvalue weighted by molar-refractivity contribution is -0.123. The quantitative estimate of drug-likeness (QED) is 0.340. The van der Waals surface area contributed by atoms with E-state index in [2.05, 4.69) is 62.1 Å². The Morgan fingerprint density at radius 2 is 2.03 bits per heavy atom. The second-order valence-corrected chi connectivity index (χ2v) is 10.6. The van der Waals surface area contributed by atoms with E-state index in [4.69, 9.17) is 9.47 Å². The van der Waals surface area contributed by atoms with Gasteiger partial charge in [0.05, 0.1) is 37.1 Å². The summed E-state index contributed by atoms with van der Waals surface area (Å²) in [5.41, 5.74) is 6.20. The van der Waals surface area contributed by atoms with Crippen molar-refractivity contribution < 1.29 is 14.3 Å². The van der Waals surface area contributed by atoms with Gasteiger partial charge in [-0.05, 0) is 41.8 Å². The molecular formula is C29H29N7O3. The zero-order valence-corrected chi connectivity index (χ0v) is 22.2. The monoisotopic (exact) mass is 523 g/mol. The number of aryl methyl sites for hydroxylation is 1. The van der Waals surface area contributed by atoms with E-state index in [0.29, 0.717) is 17.4 Å². The Kier molecular flexibility index (Phi) is 5.10. The van der Waals surface area contributed by atoms with Crippen LogP contribution in [0.25, 0.3) is 22.0 Å². The van der Waals surface area contributed by atoms with Crippen molar-refractivity contribution in [3.63, 3.8) is 0 Å². The molecular weight excluding hydrogens is 494 g/mol. The van der Waals surface area contributed by atoms with Gasteiger partial charge in [0.1, 0.15) is 5.69 Å². The Morgan fingerprint density at radius 1 is 1.15 bits per heavy atom. The molecule has 7 rings (SSSR count). The number of H-pyrrole nitrogens is 1. The van der Waals surface area contributed by atoms with E-state index in [9.17, 15) is 4.79 Å². The number of aromatic nitrogens is 5. The molecule has 1 amide bonds. The molecule has 3 N–H and O–H groups in total. The van der Waals surface area contributed by atoms with Crippen LogP contribution in [0, 0.1) is 11.3 Å². The van der Waals surface area contributed by atoms with Crippen LogP contribution in [0.1, 0.15) is 31.2 Å². The second kappa shape index (κ2) is 8.45. The summed E-state index contributed by atoms with van der Waals surface area (Å²) < 4.78 is 12.8. The number of carbonyl (C=O) groups excluding carboxylic acids is 1. The predicted molar refractivity (Wildman–Crippen MR) is 146 cm³/mol. The third-order valence-electron chi connectivity index (χ3n) is 8.28. The molecule has 10 nitrogen and oxygen atoms in total. The highest BCUT2D eigenvalue weighted by atomic mass is 16.5. The molecule has 1 aromatic carbocycles. The summed E-state index contributed by atoms with van der Waals surface area (Å²) in [7, 11) is 5.17. The number of methoxy groups -OCH3 is 2. The number of ether oxygens (including phenoxy) is 2. The maximum atomic E-state index is 13.2. The van der Waals surface area contributed by atoms with Crippen LogP contribution >= 0.6 is 0 Å². The van der Waals surface area contributed by atoms with E-state index in [1.54, 1.807) is 31.3 Å². The molecule has 0 radical (unpaired) electrons. The minimum Gasteiger partial charge on any atom is -0.501 e. The van der Waals surface area contributed by atoms with E-state index in [1.807, 2.05) is 19.3 Å². The zero-order chi connectivity index (χ0) is 26.9. The highest BCUT2D eigenvalue weighted by Crippen LogP contribution is 2.68. The SMILES string of the molecule is COC1=CC2=C(NC(=O)[C@@]23C[C@H]3c2ccc3c(Nc4cc(-c5cnn(C)c5)cnc4OC)n[nH]c3c2)C(C)C1. The first-order valence-corrected chi connectivity index (χ1v) is 13.0. The number of pyridine rings is 1. The van der Waals surface area contributed by atoms with Gasteiger partial charge in [-0.25, -0.2) is 4.98 Å². The number of fused-ring (bicyclic) bond motifs is 2. The van der Waals surface area contributed by atoms with Gasteiger partial charge in [-0.3, -0.25) is 14.6 Å². The van der Waals surface area contributed by atoms with Gasteiger partial charge in [0.2, 0.25) is 11.8 Å². The van der Waals surface area contributed by atoms with Crippen LogP contribution in [-0.4, -0.2) is 45.1 Å². The lowest BCUT2D eigenvalue weighted by Crippen LogP contribution is -2.25. The second-order valence-electron chi connectivity index (χ2n) is 10.6. The Bertz CT molecular complexity index is 1710. The first-order valence-electron chi connectivity index (χ1n) is 13.0. The lowest BCUT2D eigenvalue weighted by atomic mass is 9.84. The van der Waals surface area contributed by atoms with Gasteiger partial charge in [0, 0.05) is 59.9 Å². The topological polar surface area (TPSA) is 119 Å². The third-order valence-corrected chi connectivity index (χ3v) is 8.28. The minimum atomic E-state index is -0.520. The fourth-order valence-electron chi connectivity index (χ4n) is 6.15. The number of benzene rings is 1. The summed E-state index contributed by atoms with van der Waals surface area (Å²) in [5, 5.41) is 19.5. The standard InChI is InChI=1S/C29H29N7O3/c1-15-7-19(38-3)10-21-25(15)33-28(37)29(21)11-22(29)16-5-6-20-23(8-16)34-35-26(20)32-24-9-17(12-30-27(24)39-4)18-13-31-36(2)14-18/h5-6,8-10,12-15,22H,7,11H2,1-4H3,(H,33,37)(H2,32,34,35)/t15?,22-,29-/m0/s1. The summed E-state index contributed by atoms with van der Waals surface area (Å²) in [4.78, 5) is 17.7. The molecule has 2 aliphatic carbocycles. The summed E-state index contributed by atoms with van der Waals surface area (Å²) in [6.07, 6.45) is 9.16. The van der Waals surface area contributed by atoms with Gasteiger partial charge in [-0.2, -0.15) is 10.2 Å². The van der Waals surface area contributed by atoms with Crippen molar-refractivity contribution in [1.82, 2.24) is 30.3 Å². The molecule has 1 aliphatic heterocycles. The average Bonchev–Trinajstić information content (AvgIpc) is 3.16. The highest BCUT2D eigenvalue weighted by molar-refractivity contribution is 5.98. The van der Waals surface area contributed by atoms with Crippen molar-refractivity contribution in [3.8, 4) is 17.0 Å². The molecule has 1 fully saturated rings. The first kappa shape index (κ1) is 23.5. The van der Waals surface area contributed by atoms with Crippen LogP contribution in [0.2, 0.25) is 0 Å². The number of hydrogen-bond donors (Lipinski definition) is 3. The number of rotatable bonds is 6. The maximum Gasteiger partial charge on any atom is 0.237 e. The Hall–Kier alpha value is -4.60. The Balaban J connectivity index is 1.19. The normalized spacial score (nSPS) is 23.6. The number of amides is 1. The van der Waals surface area contributed by atoms with Crippen molar-refractivity contribution in [1.29, 1.82) is 0 Å². The molecule has 1 saturated carbocycles. The molecule has 4 aromatic rings. The molecule has 39 heavy (non-hydrogen) atoms. The fourth-order valence-corrected chi connectivity index (χ4v) is 6.15. The van der Waals surface area contributed by atoms with Crippen LogP contribution in [0.5, 0.6) is 5.88 Å². The maximum absolute atomic E-state index is 13.2. The molecule has 198 valence electrons. The van der Waals surface area contributed by atoms with Gasteiger partial charge in [0.25, 0.3) is 0 Å². The predicted octanol–water partition coefficient (Wildman–Crippen LogP) is 4.54.